The van der Waals surface area contributed by atoms with Crippen molar-refractivity contribution in [2.45, 2.75) is 19.3 Å². The topological polar surface area (TPSA) is 46.6 Å². The molecule has 1 aliphatic rings. The molecule has 1 atom stereocenters. The lowest BCUT2D eigenvalue weighted by Gasteiger charge is -2.14. The molecule has 0 spiro atoms. The Morgan fingerprint density at radius 2 is 2.14 bits per heavy atom. The van der Waals surface area contributed by atoms with E-state index in [1.165, 1.54) is 4.90 Å². The maximum Gasteiger partial charge on any atom is 0.338 e. The third-order valence-corrected chi connectivity index (χ3v) is 3.35. The van der Waals surface area contributed by atoms with Gasteiger partial charge in [-0.05, 0) is 19.1 Å². The van der Waals surface area contributed by atoms with Crippen molar-refractivity contribution in [1.29, 1.82) is 0 Å². The normalized spacial score (nSPS) is 16.0. The van der Waals surface area contributed by atoms with Crippen LogP contribution in [0.2, 0.25) is 0 Å². The molecule has 0 aliphatic carbocycles. The molecule has 0 saturated carbocycles. The number of terminal acetylenes is 2. The molecular formula is C17H15NO3. The molecule has 2 rings (SSSR count). The fraction of sp³-hybridized carbons (Fsp3) is 0.294. The molecule has 1 unspecified atom stereocenters. The zero-order chi connectivity index (χ0) is 15.4. The molecule has 21 heavy (non-hydrogen) atoms. The first kappa shape index (κ1) is 14.7. The maximum atomic E-state index is 12.5. The van der Waals surface area contributed by atoms with Crippen LogP contribution < -0.4 is 4.90 Å². The molecule has 106 valence electrons. The lowest BCUT2D eigenvalue weighted by atomic mass is 9.93. The van der Waals surface area contributed by atoms with Gasteiger partial charge in [0.15, 0.2) is 0 Å². The van der Waals surface area contributed by atoms with Gasteiger partial charge < -0.3 is 4.74 Å². The van der Waals surface area contributed by atoms with Crippen molar-refractivity contribution in [3.8, 4) is 24.7 Å². The van der Waals surface area contributed by atoms with Crippen LogP contribution in [0.1, 0.15) is 35.2 Å². The summed E-state index contributed by atoms with van der Waals surface area (Å²) in [5.41, 5.74) is 1.64. The lowest BCUT2D eigenvalue weighted by molar-refractivity contribution is -0.119. The summed E-state index contributed by atoms with van der Waals surface area (Å²) in [7, 11) is 0. The van der Waals surface area contributed by atoms with Crippen molar-refractivity contribution in [3.05, 3.63) is 29.3 Å². The summed E-state index contributed by atoms with van der Waals surface area (Å²) in [5, 5.41) is 0. The Hall–Kier alpha value is -2.72. The molecule has 0 aromatic heterocycles. The van der Waals surface area contributed by atoms with E-state index >= 15 is 0 Å². The summed E-state index contributed by atoms with van der Waals surface area (Å²) in [6.45, 7) is 2.15. The summed E-state index contributed by atoms with van der Waals surface area (Å²) >= 11 is 0. The molecule has 1 amide bonds. The number of benzene rings is 1. The average molecular weight is 281 g/mol. The zero-order valence-corrected chi connectivity index (χ0v) is 11.8. The highest BCUT2D eigenvalue weighted by Crippen LogP contribution is 2.41. The minimum Gasteiger partial charge on any atom is -0.462 e. The fourth-order valence-electron chi connectivity index (χ4n) is 2.53. The van der Waals surface area contributed by atoms with E-state index < -0.39 is 11.9 Å². The number of fused-ring (bicyclic) bond motifs is 1. The van der Waals surface area contributed by atoms with Gasteiger partial charge in [0.1, 0.15) is 0 Å². The smallest absolute Gasteiger partial charge is 0.338 e. The largest absolute Gasteiger partial charge is 0.462 e. The van der Waals surface area contributed by atoms with E-state index in [0.29, 0.717) is 16.8 Å². The van der Waals surface area contributed by atoms with Gasteiger partial charge >= 0.3 is 5.97 Å². The van der Waals surface area contributed by atoms with Crippen LogP contribution in [0.15, 0.2) is 18.2 Å². The predicted octanol–water partition coefficient (Wildman–Crippen LogP) is 1.95. The van der Waals surface area contributed by atoms with Gasteiger partial charge in [0, 0.05) is 17.7 Å². The van der Waals surface area contributed by atoms with E-state index in [4.69, 9.17) is 17.6 Å². The number of esters is 1. The van der Waals surface area contributed by atoms with Crippen molar-refractivity contribution >= 4 is 17.6 Å². The second kappa shape index (κ2) is 6.15. The number of rotatable bonds is 4. The first-order chi connectivity index (χ1) is 10.2. The van der Waals surface area contributed by atoms with Crippen LogP contribution >= 0.6 is 0 Å². The highest BCUT2D eigenvalue weighted by atomic mass is 16.5. The third-order valence-electron chi connectivity index (χ3n) is 3.35. The molecule has 0 radical (unpaired) electrons. The van der Waals surface area contributed by atoms with Gasteiger partial charge in [-0.25, -0.2) is 4.79 Å². The van der Waals surface area contributed by atoms with Gasteiger partial charge in [-0.1, -0.05) is 12.0 Å². The number of anilines is 1. The van der Waals surface area contributed by atoms with Crippen molar-refractivity contribution in [2.75, 3.05) is 18.1 Å². The molecule has 0 fully saturated rings. The Morgan fingerprint density at radius 1 is 1.38 bits per heavy atom. The van der Waals surface area contributed by atoms with E-state index in [2.05, 4.69) is 11.8 Å². The van der Waals surface area contributed by atoms with E-state index in [9.17, 15) is 9.59 Å². The fourth-order valence-corrected chi connectivity index (χ4v) is 2.53. The highest BCUT2D eigenvalue weighted by Gasteiger charge is 2.39. The molecule has 4 heteroatoms. The standard InChI is InChI=1S/C17H15NO3/c1-4-8-12-15-13(17(20)21-6-3)9-7-10-14(15)18(11-5-2)16(12)19/h1-2,7,9-10,12H,6,8,11H2,3H3. The molecule has 0 bridgehead atoms. The Bertz CT molecular complexity index is 664. The van der Waals surface area contributed by atoms with E-state index in [0.717, 1.165) is 0 Å². The summed E-state index contributed by atoms with van der Waals surface area (Å²) in [6, 6.07) is 5.12. The number of nitrogens with zero attached hydrogens (tertiary/aromatic N) is 1. The summed E-state index contributed by atoms with van der Waals surface area (Å²) in [4.78, 5) is 26.0. The van der Waals surface area contributed by atoms with E-state index in [1.807, 2.05) is 0 Å². The SMILES string of the molecule is C#CCC1C(=O)N(CC#C)c2cccc(C(=O)OCC)c21. The number of amides is 1. The van der Waals surface area contributed by atoms with Crippen LogP contribution in [0, 0.1) is 24.7 Å². The number of carbonyl (C=O) groups excluding carboxylic acids is 2. The van der Waals surface area contributed by atoms with E-state index in [1.54, 1.807) is 25.1 Å². The van der Waals surface area contributed by atoms with Crippen molar-refractivity contribution in [3.63, 3.8) is 0 Å². The van der Waals surface area contributed by atoms with Crippen LogP contribution in [-0.2, 0) is 9.53 Å². The predicted molar refractivity (Wildman–Crippen MR) is 79.8 cm³/mol. The van der Waals surface area contributed by atoms with Crippen molar-refractivity contribution < 1.29 is 14.3 Å². The number of carbonyl (C=O) groups is 2. The zero-order valence-electron chi connectivity index (χ0n) is 11.8. The van der Waals surface area contributed by atoms with Crippen LogP contribution in [0.25, 0.3) is 0 Å². The van der Waals surface area contributed by atoms with Crippen molar-refractivity contribution in [1.82, 2.24) is 0 Å². The minimum atomic E-state index is -0.543. The van der Waals surface area contributed by atoms with Crippen molar-refractivity contribution in [2.24, 2.45) is 0 Å². The molecule has 0 saturated heterocycles. The molecule has 1 aromatic rings. The summed E-state index contributed by atoms with van der Waals surface area (Å²) in [6.07, 6.45) is 10.9. The van der Waals surface area contributed by atoms with Gasteiger partial charge in [0.2, 0.25) is 5.91 Å². The molecule has 4 nitrogen and oxygen atoms in total. The Kier molecular flexibility index (Phi) is 4.30. The first-order valence-corrected chi connectivity index (χ1v) is 6.64. The summed E-state index contributed by atoms with van der Waals surface area (Å²) < 4.78 is 5.05. The minimum absolute atomic E-state index is 0.152. The second-order valence-electron chi connectivity index (χ2n) is 4.55. The second-order valence-corrected chi connectivity index (χ2v) is 4.55. The number of hydrogen-bond acceptors (Lipinski definition) is 3. The van der Waals surface area contributed by atoms with Crippen LogP contribution in [-0.4, -0.2) is 25.0 Å². The monoisotopic (exact) mass is 281 g/mol. The van der Waals surface area contributed by atoms with Gasteiger partial charge in [-0.2, -0.15) is 0 Å². The highest BCUT2D eigenvalue weighted by molar-refractivity contribution is 6.09. The molecule has 1 aliphatic heterocycles. The number of ether oxygens (including phenoxy) is 1. The van der Waals surface area contributed by atoms with Gasteiger partial charge in [0.25, 0.3) is 0 Å². The molecular weight excluding hydrogens is 266 g/mol. The summed E-state index contributed by atoms with van der Waals surface area (Å²) in [5.74, 6) is 3.78. The quantitative estimate of drug-likeness (QED) is 0.626. The van der Waals surface area contributed by atoms with E-state index in [-0.39, 0.29) is 25.5 Å². The Labute approximate surface area is 124 Å². The Morgan fingerprint density at radius 3 is 2.76 bits per heavy atom. The third kappa shape index (κ3) is 2.49. The van der Waals surface area contributed by atoms with Gasteiger partial charge in [-0.15, -0.1) is 18.8 Å². The van der Waals surface area contributed by atoms with Crippen LogP contribution in [0.4, 0.5) is 5.69 Å². The number of hydrogen-bond donors (Lipinski definition) is 0. The molecule has 1 aromatic carbocycles. The molecule has 1 heterocycles. The van der Waals surface area contributed by atoms with Crippen LogP contribution in [0.5, 0.6) is 0 Å². The van der Waals surface area contributed by atoms with Gasteiger partial charge in [-0.3, -0.25) is 9.69 Å². The average Bonchev–Trinajstić information content (AvgIpc) is 2.74. The first-order valence-electron chi connectivity index (χ1n) is 6.64. The molecule has 0 N–H and O–H groups in total. The van der Waals surface area contributed by atoms with Gasteiger partial charge in [0.05, 0.1) is 24.6 Å². The Balaban J connectivity index is 2.57. The van der Waals surface area contributed by atoms with Crippen LogP contribution in [0.3, 0.4) is 0 Å². The maximum absolute atomic E-state index is 12.5. The lowest BCUT2D eigenvalue weighted by Crippen LogP contribution is -2.28.